The Morgan fingerprint density at radius 3 is 2.64 bits per heavy atom. The van der Waals surface area contributed by atoms with Crippen LogP contribution in [0.3, 0.4) is 0 Å². The zero-order valence-electron chi connectivity index (χ0n) is 14.6. The minimum atomic E-state index is -3.21. The molecule has 1 heterocycles. The summed E-state index contributed by atoms with van der Waals surface area (Å²) in [7, 11) is -3.21. The van der Waals surface area contributed by atoms with Crippen LogP contribution in [-0.4, -0.2) is 50.7 Å². The molecule has 2 rings (SSSR count). The van der Waals surface area contributed by atoms with E-state index in [0.29, 0.717) is 43.1 Å². The lowest BCUT2D eigenvalue weighted by molar-refractivity contribution is -0.134. The molecule has 1 fully saturated rings. The highest BCUT2D eigenvalue weighted by molar-refractivity contribution is 7.89. The van der Waals surface area contributed by atoms with E-state index in [1.165, 1.54) is 0 Å². The normalized spacial score (nSPS) is 16.0. The smallest absolute Gasteiger partial charge is 0.260 e. The number of nitrogens with one attached hydrogen (secondary N) is 1. The van der Waals surface area contributed by atoms with Gasteiger partial charge in [-0.3, -0.25) is 4.79 Å². The zero-order chi connectivity index (χ0) is 18.4. The van der Waals surface area contributed by atoms with E-state index in [-0.39, 0.29) is 24.3 Å². The van der Waals surface area contributed by atoms with Gasteiger partial charge in [-0.05, 0) is 49.9 Å². The standard InChI is InChI=1S/C17H25ClN2O4S/c1-3-10-25(22,23)19-15-6-8-20(9-7-15)17(21)12-24-16-5-4-14(18)11-13(16)2/h4-5,11,15,19H,3,6-10,12H2,1-2H3. The van der Waals surface area contributed by atoms with Crippen molar-refractivity contribution in [2.75, 3.05) is 25.4 Å². The fourth-order valence-electron chi connectivity index (χ4n) is 2.83. The lowest BCUT2D eigenvalue weighted by Gasteiger charge is -2.32. The monoisotopic (exact) mass is 388 g/mol. The third-order valence-electron chi connectivity index (χ3n) is 4.15. The van der Waals surface area contributed by atoms with Gasteiger partial charge in [0.25, 0.3) is 5.91 Å². The van der Waals surface area contributed by atoms with Gasteiger partial charge in [0.05, 0.1) is 5.75 Å². The van der Waals surface area contributed by atoms with Crippen molar-refractivity contribution in [3.63, 3.8) is 0 Å². The number of likely N-dealkylation sites (tertiary alicyclic amines) is 1. The molecule has 0 bridgehead atoms. The maximum absolute atomic E-state index is 12.3. The average Bonchev–Trinajstić information content (AvgIpc) is 2.54. The summed E-state index contributed by atoms with van der Waals surface area (Å²) >= 11 is 5.90. The molecule has 8 heteroatoms. The van der Waals surface area contributed by atoms with Crippen LogP contribution in [0.1, 0.15) is 31.7 Å². The van der Waals surface area contributed by atoms with Crippen molar-refractivity contribution in [2.45, 2.75) is 39.2 Å². The molecular formula is C17H25ClN2O4S. The number of ether oxygens (including phenoxy) is 1. The summed E-state index contributed by atoms with van der Waals surface area (Å²) in [6.45, 7) is 4.74. The number of carbonyl (C=O) groups is 1. The number of benzene rings is 1. The molecule has 1 aliphatic heterocycles. The molecule has 6 nitrogen and oxygen atoms in total. The number of hydrogen-bond donors (Lipinski definition) is 1. The Morgan fingerprint density at radius 2 is 2.04 bits per heavy atom. The number of carbonyl (C=O) groups excluding carboxylic acids is 1. The number of rotatable bonds is 7. The third-order valence-corrected chi connectivity index (χ3v) is 6.03. The van der Waals surface area contributed by atoms with Crippen molar-refractivity contribution in [3.8, 4) is 5.75 Å². The van der Waals surface area contributed by atoms with Crippen LogP contribution in [0.4, 0.5) is 0 Å². The van der Waals surface area contributed by atoms with Crippen molar-refractivity contribution in [3.05, 3.63) is 28.8 Å². The molecule has 1 N–H and O–H groups in total. The Kier molecular flexibility index (Phi) is 7.10. The molecule has 0 aliphatic carbocycles. The summed E-state index contributed by atoms with van der Waals surface area (Å²) in [5.74, 6) is 0.685. The molecular weight excluding hydrogens is 364 g/mol. The first-order valence-electron chi connectivity index (χ1n) is 8.47. The van der Waals surface area contributed by atoms with Crippen LogP contribution in [0.2, 0.25) is 5.02 Å². The molecule has 0 saturated carbocycles. The van der Waals surface area contributed by atoms with Crippen LogP contribution in [0.25, 0.3) is 0 Å². The first kappa shape index (κ1) is 20.0. The Morgan fingerprint density at radius 1 is 1.36 bits per heavy atom. The zero-order valence-corrected chi connectivity index (χ0v) is 16.2. The van der Waals surface area contributed by atoms with Gasteiger partial charge in [-0.15, -0.1) is 0 Å². The van der Waals surface area contributed by atoms with Crippen LogP contribution < -0.4 is 9.46 Å². The van der Waals surface area contributed by atoms with Crippen molar-refractivity contribution < 1.29 is 17.9 Å². The molecule has 0 spiro atoms. The van der Waals surface area contributed by atoms with E-state index < -0.39 is 10.0 Å². The van der Waals surface area contributed by atoms with Crippen LogP contribution in [0, 0.1) is 6.92 Å². The lowest BCUT2D eigenvalue weighted by atomic mass is 10.1. The van der Waals surface area contributed by atoms with E-state index in [1.807, 2.05) is 13.8 Å². The predicted octanol–water partition coefficient (Wildman–Crippen LogP) is 2.35. The molecule has 1 amide bonds. The quantitative estimate of drug-likeness (QED) is 0.777. The molecule has 1 aromatic rings. The molecule has 25 heavy (non-hydrogen) atoms. The van der Waals surface area contributed by atoms with Gasteiger partial charge >= 0.3 is 0 Å². The Balaban J connectivity index is 1.79. The van der Waals surface area contributed by atoms with Crippen molar-refractivity contribution in [2.24, 2.45) is 0 Å². The molecule has 1 saturated heterocycles. The number of nitrogens with zero attached hydrogens (tertiary/aromatic N) is 1. The second-order valence-corrected chi connectivity index (χ2v) is 8.60. The van der Waals surface area contributed by atoms with Gasteiger partial charge in [-0.25, -0.2) is 13.1 Å². The fraction of sp³-hybridized carbons (Fsp3) is 0.588. The summed E-state index contributed by atoms with van der Waals surface area (Å²) in [5.41, 5.74) is 0.879. The van der Waals surface area contributed by atoms with Gasteiger partial charge in [0, 0.05) is 24.2 Å². The molecule has 0 unspecified atom stereocenters. The van der Waals surface area contributed by atoms with E-state index in [0.717, 1.165) is 5.56 Å². The Hall–Kier alpha value is -1.31. The van der Waals surface area contributed by atoms with Crippen LogP contribution in [0.15, 0.2) is 18.2 Å². The largest absolute Gasteiger partial charge is 0.483 e. The van der Waals surface area contributed by atoms with E-state index >= 15 is 0 Å². The number of piperidine rings is 1. The number of aryl methyl sites for hydroxylation is 1. The SMILES string of the molecule is CCCS(=O)(=O)NC1CCN(C(=O)COc2ccc(Cl)cc2C)CC1. The fourth-order valence-corrected chi connectivity index (χ4v) is 4.46. The van der Waals surface area contributed by atoms with Gasteiger partial charge in [-0.1, -0.05) is 18.5 Å². The Labute approximate surface area is 154 Å². The summed E-state index contributed by atoms with van der Waals surface area (Å²) in [6.07, 6.45) is 1.83. The third kappa shape index (κ3) is 6.17. The molecule has 1 aromatic carbocycles. The van der Waals surface area contributed by atoms with Gasteiger partial charge in [0.15, 0.2) is 6.61 Å². The second kappa shape index (κ2) is 8.87. The topological polar surface area (TPSA) is 75.7 Å². The maximum Gasteiger partial charge on any atom is 0.260 e. The minimum Gasteiger partial charge on any atom is -0.483 e. The molecule has 140 valence electrons. The van der Waals surface area contributed by atoms with E-state index in [4.69, 9.17) is 16.3 Å². The van der Waals surface area contributed by atoms with Gasteiger partial charge < -0.3 is 9.64 Å². The first-order chi connectivity index (χ1) is 11.8. The lowest BCUT2D eigenvalue weighted by Crippen LogP contribution is -2.48. The van der Waals surface area contributed by atoms with E-state index in [9.17, 15) is 13.2 Å². The van der Waals surface area contributed by atoms with E-state index in [2.05, 4.69) is 4.72 Å². The van der Waals surface area contributed by atoms with Crippen LogP contribution in [-0.2, 0) is 14.8 Å². The number of halogens is 1. The van der Waals surface area contributed by atoms with Crippen molar-refractivity contribution >= 4 is 27.5 Å². The Bertz CT molecular complexity index is 701. The summed E-state index contributed by atoms with van der Waals surface area (Å²) in [4.78, 5) is 14.0. The maximum atomic E-state index is 12.3. The van der Waals surface area contributed by atoms with Gasteiger partial charge in [-0.2, -0.15) is 0 Å². The molecule has 1 aliphatic rings. The number of hydrogen-bond acceptors (Lipinski definition) is 4. The molecule has 0 radical (unpaired) electrons. The van der Waals surface area contributed by atoms with Gasteiger partial charge in [0.2, 0.25) is 10.0 Å². The van der Waals surface area contributed by atoms with Crippen LogP contribution in [0.5, 0.6) is 5.75 Å². The highest BCUT2D eigenvalue weighted by Crippen LogP contribution is 2.22. The first-order valence-corrected chi connectivity index (χ1v) is 10.5. The molecule has 0 aromatic heterocycles. The predicted molar refractivity (Wildman–Crippen MR) is 98.5 cm³/mol. The van der Waals surface area contributed by atoms with Gasteiger partial charge in [0.1, 0.15) is 5.75 Å². The van der Waals surface area contributed by atoms with Crippen LogP contribution >= 0.6 is 11.6 Å². The second-order valence-electron chi connectivity index (χ2n) is 6.29. The minimum absolute atomic E-state index is 0.0330. The van der Waals surface area contributed by atoms with E-state index in [1.54, 1.807) is 23.1 Å². The highest BCUT2D eigenvalue weighted by atomic mass is 35.5. The summed E-state index contributed by atoms with van der Waals surface area (Å²) in [5, 5.41) is 0.628. The summed E-state index contributed by atoms with van der Waals surface area (Å²) in [6, 6.07) is 5.16. The van der Waals surface area contributed by atoms with Crippen molar-refractivity contribution in [1.82, 2.24) is 9.62 Å². The summed E-state index contributed by atoms with van der Waals surface area (Å²) < 4.78 is 31.9. The average molecular weight is 389 g/mol. The van der Waals surface area contributed by atoms with Crippen molar-refractivity contribution in [1.29, 1.82) is 0 Å². The number of sulfonamides is 1. The number of amides is 1. The molecule has 0 atom stereocenters. The highest BCUT2D eigenvalue weighted by Gasteiger charge is 2.25.